The van der Waals surface area contributed by atoms with Gasteiger partial charge in [0.1, 0.15) is 18.5 Å². The molecule has 0 radical (unpaired) electrons. The number of aliphatic hydroxyl groups excluding tert-OH is 2. The Bertz CT molecular complexity index is 282. The van der Waals surface area contributed by atoms with Crippen LogP contribution in [0.3, 0.4) is 0 Å². The molecule has 0 amide bonds. The average Bonchev–Trinajstić information content (AvgIpc) is 2.34. The Hall–Kier alpha value is -1.06. The fourth-order valence-electron chi connectivity index (χ4n) is 1.38. The van der Waals surface area contributed by atoms with Crippen molar-refractivity contribution in [3.8, 4) is 5.75 Å². The minimum Gasteiger partial charge on any atom is -0.491 e. The average molecular weight is 224 g/mol. The second-order valence-corrected chi connectivity index (χ2v) is 3.89. The first-order valence-corrected chi connectivity index (χ1v) is 5.77. The molecule has 0 saturated carbocycles. The van der Waals surface area contributed by atoms with E-state index in [0.29, 0.717) is 0 Å². The molecule has 3 heteroatoms. The van der Waals surface area contributed by atoms with Gasteiger partial charge in [0.05, 0.1) is 6.61 Å². The molecule has 0 aromatic heterocycles. The van der Waals surface area contributed by atoms with E-state index in [0.717, 1.165) is 12.2 Å². The van der Waals surface area contributed by atoms with Gasteiger partial charge in [0.15, 0.2) is 0 Å². The Balaban J connectivity index is 2.38. The standard InChI is InChI=1S/C13H20O3/c1-2-3-4-11-5-7-13(8-6-11)16-10-12(15)9-14/h5-8,12,14-15H,2-4,9-10H2,1H3. The number of aliphatic hydroxyl groups is 2. The van der Waals surface area contributed by atoms with Crippen molar-refractivity contribution >= 4 is 0 Å². The van der Waals surface area contributed by atoms with E-state index in [9.17, 15) is 0 Å². The van der Waals surface area contributed by atoms with Crippen molar-refractivity contribution in [3.05, 3.63) is 29.8 Å². The third kappa shape index (κ3) is 4.64. The summed E-state index contributed by atoms with van der Waals surface area (Å²) in [6, 6.07) is 7.87. The zero-order valence-corrected chi connectivity index (χ0v) is 9.72. The van der Waals surface area contributed by atoms with Crippen LogP contribution < -0.4 is 4.74 Å². The van der Waals surface area contributed by atoms with Crippen LogP contribution in [0, 0.1) is 0 Å². The van der Waals surface area contributed by atoms with Crippen molar-refractivity contribution in [3.63, 3.8) is 0 Å². The minimum atomic E-state index is -0.806. The molecule has 0 fully saturated rings. The zero-order chi connectivity index (χ0) is 11.8. The molecule has 1 aromatic carbocycles. The van der Waals surface area contributed by atoms with E-state index in [1.54, 1.807) is 0 Å². The molecule has 16 heavy (non-hydrogen) atoms. The summed E-state index contributed by atoms with van der Waals surface area (Å²) in [7, 11) is 0. The number of benzene rings is 1. The molecule has 0 aliphatic carbocycles. The molecule has 90 valence electrons. The zero-order valence-electron chi connectivity index (χ0n) is 9.72. The maximum absolute atomic E-state index is 9.11. The van der Waals surface area contributed by atoms with E-state index >= 15 is 0 Å². The molecule has 1 rings (SSSR count). The fourth-order valence-corrected chi connectivity index (χ4v) is 1.38. The number of ether oxygens (including phenoxy) is 1. The summed E-state index contributed by atoms with van der Waals surface area (Å²) < 4.78 is 5.31. The number of hydrogen-bond donors (Lipinski definition) is 2. The van der Waals surface area contributed by atoms with Gasteiger partial charge in [-0.15, -0.1) is 0 Å². The van der Waals surface area contributed by atoms with Crippen molar-refractivity contribution in [1.29, 1.82) is 0 Å². The highest BCUT2D eigenvalue weighted by Crippen LogP contribution is 2.14. The Labute approximate surface area is 96.7 Å². The lowest BCUT2D eigenvalue weighted by atomic mass is 10.1. The molecule has 1 atom stereocenters. The summed E-state index contributed by atoms with van der Waals surface area (Å²) in [5.74, 6) is 0.729. The van der Waals surface area contributed by atoms with Crippen LogP contribution in [0.1, 0.15) is 25.3 Å². The first kappa shape index (κ1) is 13.0. The maximum Gasteiger partial charge on any atom is 0.119 e. The van der Waals surface area contributed by atoms with Crippen LogP contribution in [-0.4, -0.2) is 29.5 Å². The summed E-state index contributed by atoms with van der Waals surface area (Å²) in [4.78, 5) is 0. The topological polar surface area (TPSA) is 49.7 Å². The van der Waals surface area contributed by atoms with Crippen molar-refractivity contribution in [2.45, 2.75) is 32.3 Å². The Kier molecular flexibility index (Phi) is 5.90. The van der Waals surface area contributed by atoms with Gasteiger partial charge < -0.3 is 14.9 Å². The van der Waals surface area contributed by atoms with E-state index in [1.165, 1.54) is 18.4 Å². The molecule has 0 aliphatic rings. The summed E-state index contributed by atoms with van der Waals surface area (Å²) in [6.07, 6.45) is 2.68. The summed E-state index contributed by atoms with van der Waals surface area (Å²) in [6.45, 7) is 2.03. The molecule has 1 aromatic rings. The summed E-state index contributed by atoms with van der Waals surface area (Å²) in [5, 5.41) is 17.7. The van der Waals surface area contributed by atoms with Crippen molar-refractivity contribution in [2.75, 3.05) is 13.2 Å². The van der Waals surface area contributed by atoms with Crippen LogP contribution in [0.5, 0.6) is 5.75 Å². The normalized spacial score (nSPS) is 12.4. The van der Waals surface area contributed by atoms with Crippen molar-refractivity contribution < 1.29 is 14.9 Å². The largest absolute Gasteiger partial charge is 0.491 e. The van der Waals surface area contributed by atoms with Gasteiger partial charge in [0, 0.05) is 0 Å². The third-order valence-electron chi connectivity index (χ3n) is 2.40. The summed E-state index contributed by atoms with van der Waals surface area (Å²) >= 11 is 0. The number of unbranched alkanes of at least 4 members (excludes halogenated alkanes) is 1. The van der Waals surface area contributed by atoms with Crippen LogP contribution in [0.25, 0.3) is 0 Å². The van der Waals surface area contributed by atoms with Gasteiger partial charge in [-0.3, -0.25) is 0 Å². The van der Waals surface area contributed by atoms with Crippen LogP contribution in [0.15, 0.2) is 24.3 Å². The Morgan fingerprint density at radius 3 is 2.50 bits per heavy atom. The maximum atomic E-state index is 9.11. The quantitative estimate of drug-likeness (QED) is 0.742. The fraction of sp³-hybridized carbons (Fsp3) is 0.538. The van der Waals surface area contributed by atoms with E-state index in [-0.39, 0.29) is 13.2 Å². The number of aryl methyl sites for hydroxylation is 1. The monoisotopic (exact) mass is 224 g/mol. The van der Waals surface area contributed by atoms with Crippen LogP contribution in [0.2, 0.25) is 0 Å². The first-order valence-electron chi connectivity index (χ1n) is 5.77. The molecule has 0 heterocycles. The predicted octanol–water partition coefficient (Wildman–Crippen LogP) is 1.76. The molecular weight excluding hydrogens is 204 g/mol. The van der Waals surface area contributed by atoms with Gasteiger partial charge in [-0.05, 0) is 30.5 Å². The van der Waals surface area contributed by atoms with Gasteiger partial charge in [0.2, 0.25) is 0 Å². The lowest BCUT2D eigenvalue weighted by molar-refractivity contribution is 0.0536. The summed E-state index contributed by atoms with van der Waals surface area (Å²) in [5.41, 5.74) is 1.30. The lowest BCUT2D eigenvalue weighted by Gasteiger charge is -2.10. The van der Waals surface area contributed by atoms with Gasteiger partial charge in [0.25, 0.3) is 0 Å². The van der Waals surface area contributed by atoms with Crippen LogP contribution in [0.4, 0.5) is 0 Å². The highest BCUT2D eigenvalue weighted by Gasteiger charge is 2.02. The van der Waals surface area contributed by atoms with Crippen LogP contribution in [-0.2, 0) is 6.42 Å². The second kappa shape index (κ2) is 7.25. The Morgan fingerprint density at radius 2 is 1.94 bits per heavy atom. The van der Waals surface area contributed by atoms with Gasteiger partial charge in [-0.1, -0.05) is 25.5 Å². The molecule has 3 nitrogen and oxygen atoms in total. The van der Waals surface area contributed by atoms with Crippen LogP contribution >= 0.6 is 0 Å². The van der Waals surface area contributed by atoms with Gasteiger partial charge in [-0.2, -0.15) is 0 Å². The Morgan fingerprint density at radius 1 is 1.25 bits per heavy atom. The van der Waals surface area contributed by atoms with E-state index in [4.69, 9.17) is 14.9 Å². The van der Waals surface area contributed by atoms with E-state index in [2.05, 4.69) is 6.92 Å². The molecule has 2 N–H and O–H groups in total. The minimum absolute atomic E-state index is 0.130. The van der Waals surface area contributed by atoms with E-state index in [1.807, 2.05) is 24.3 Å². The predicted molar refractivity (Wildman–Crippen MR) is 63.6 cm³/mol. The van der Waals surface area contributed by atoms with Crippen molar-refractivity contribution in [1.82, 2.24) is 0 Å². The van der Waals surface area contributed by atoms with E-state index < -0.39 is 6.10 Å². The number of rotatable bonds is 7. The first-order chi connectivity index (χ1) is 7.76. The lowest BCUT2D eigenvalue weighted by Crippen LogP contribution is -2.21. The third-order valence-corrected chi connectivity index (χ3v) is 2.40. The number of hydrogen-bond acceptors (Lipinski definition) is 3. The van der Waals surface area contributed by atoms with Gasteiger partial charge >= 0.3 is 0 Å². The SMILES string of the molecule is CCCCc1ccc(OCC(O)CO)cc1. The van der Waals surface area contributed by atoms with Crippen molar-refractivity contribution in [2.24, 2.45) is 0 Å². The molecule has 1 unspecified atom stereocenters. The molecule has 0 bridgehead atoms. The van der Waals surface area contributed by atoms with Gasteiger partial charge in [-0.25, -0.2) is 0 Å². The second-order valence-electron chi connectivity index (χ2n) is 3.89. The highest BCUT2D eigenvalue weighted by molar-refractivity contribution is 5.27. The smallest absolute Gasteiger partial charge is 0.119 e. The highest BCUT2D eigenvalue weighted by atomic mass is 16.5. The molecule has 0 saturated heterocycles. The molecule has 0 aliphatic heterocycles. The molecular formula is C13H20O3. The molecule has 0 spiro atoms.